The monoisotopic (exact) mass is 405 g/mol. The minimum atomic E-state index is 0.0932. The smallest absolute Gasteiger partial charge is 0.254 e. The number of piperazine rings is 1. The highest BCUT2D eigenvalue weighted by Crippen LogP contribution is 2.26. The number of aryl methyl sites for hydroxylation is 3. The number of carbonyl (C=O) groups is 1. The van der Waals surface area contributed by atoms with Gasteiger partial charge in [0.1, 0.15) is 0 Å². The maximum atomic E-state index is 13.5. The Morgan fingerprint density at radius 1 is 1.10 bits per heavy atom. The Morgan fingerprint density at radius 3 is 2.50 bits per heavy atom. The second kappa shape index (κ2) is 8.19. The van der Waals surface area contributed by atoms with Crippen LogP contribution in [0.4, 0.5) is 0 Å². The third-order valence-corrected chi connectivity index (χ3v) is 5.96. The first-order valence-corrected chi connectivity index (χ1v) is 10.7. The van der Waals surface area contributed by atoms with Crippen LogP contribution >= 0.6 is 0 Å². The van der Waals surface area contributed by atoms with Gasteiger partial charge < -0.3 is 4.90 Å². The van der Waals surface area contributed by atoms with Gasteiger partial charge in [0.2, 0.25) is 0 Å². The van der Waals surface area contributed by atoms with E-state index in [-0.39, 0.29) is 11.8 Å². The Bertz CT molecular complexity index is 1080. The summed E-state index contributed by atoms with van der Waals surface area (Å²) in [4.78, 5) is 22.7. The predicted octanol–water partition coefficient (Wildman–Crippen LogP) is 3.67. The molecule has 3 aromatic rings. The van der Waals surface area contributed by atoms with Gasteiger partial charge in [0.25, 0.3) is 5.91 Å². The van der Waals surface area contributed by atoms with Crippen molar-refractivity contribution in [2.24, 2.45) is 7.05 Å². The van der Waals surface area contributed by atoms with Gasteiger partial charge in [-0.3, -0.25) is 14.4 Å². The molecule has 0 atom stereocenters. The van der Waals surface area contributed by atoms with Gasteiger partial charge in [0, 0.05) is 45.5 Å². The average Bonchev–Trinajstić information content (AvgIpc) is 3.01. The van der Waals surface area contributed by atoms with Crippen molar-refractivity contribution in [3.8, 4) is 0 Å². The van der Waals surface area contributed by atoms with Crippen LogP contribution in [0.1, 0.15) is 52.6 Å². The summed E-state index contributed by atoms with van der Waals surface area (Å²) in [6.07, 6.45) is 0. The zero-order valence-electron chi connectivity index (χ0n) is 18.6. The summed E-state index contributed by atoms with van der Waals surface area (Å²) >= 11 is 0. The van der Waals surface area contributed by atoms with Crippen molar-refractivity contribution in [2.45, 2.75) is 40.2 Å². The van der Waals surface area contributed by atoms with Gasteiger partial charge in [-0.1, -0.05) is 43.7 Å². The quantitative estimate of drug-likeness (QED) is 0.665. The van der Waals surface area contributed by atoms with E-state index >= 15 is 0 Å². The van der Waals surface area contributed by atoms with E-state index in [1.807, 2.05) is 24.9 Å². The summed E-state index contributed by atoms with van der Waals surface area (Å²) < 4.78 is 1.78. The van der Waals surface area contributed by atoms with Crippen LogP contribution in [0.3, 0.4) is 0 Å². The number of hydrogen-bond donors (Lipinski definition) is 0. The van der Waals surface area contributed by atoms with Crippen molar-refractivity contribution >= 4 is 16.9 Å². The average molecular weight is 406 g/mol. The van der Waals surface area contributed by atoms with E-state index in [4.69, 9.17) is 4.98 Å². The number of carbonyl (C=O) groups excluding carboxylic acids is 1. The SMILES string of the molecule is Cc1cccc(CN2CCN(C(=O)c3cc(C(C)C)nc4c3c(C)nn4C)CC2)c1. The van der Waals surface area contributed by atoms with Crippen molar-refractivity contribution in [1.82, 2.24) is 24.6 Å². The first kappa shape index (κ1) is 20.5. The Balaban J connectivity index is 1.53. The molecule has 6 heteroatoms. The molecule has 0 spiro atoms. The number of benzene rings is 1. The molecular weight excluding hydrogens is 374 g/mol. The van der Waals surface area contributed by atoms with Crippen LogP contribution in [0.25, 0.3) is 11.0 Å². The van der Waals surface area contributed by atoms with Crippen LogP contribution in [-0.2, 0) is 13.6 Å². The number of rotatable bonds is 4. The normalized spacial score (nSPS) is 15.3. The molecule has 1 aromatic carbocycles. The Kier molecular flexibility index (Phi) is 5.60. The van der Waals surface area contributed by atoms with Crippen molar-refractivity contribution in [2.75, 3.05) is 26.2 Å². The first-order chi connectivity index (χ1) is 14.3. The molecule has 4 rings (SSSR count). The van der Waals surface area contributed by atoms with E-state index in [2.05, 4.69) is 55.0 Å². The number of hydrogen-bond acceptors (Lipinski definition) is 4. The topological polar surface area (TPSA) is 54.3 Å². The van der Waals surface area contributed by atoms with Crippen LogP contribution < -0.4 is 0 Å². The Labute approximate surface area is 178 Å². The second-order valence-corrected chi connectivity index (χ2v) is 8.71. The molecule has 0 unspecified atom stereocenters. The molecule has 1 aliphatic rings. The number of pyridine rings is 1. The molecule has 1 saturated heterocycles. The predicted molar refractivity (Wildman–Crippen MR) is 120 cm³/mol. The van der Waals surface area contributed by atoms with E-state index < -0.39 is 0 Å². The zero-order valence-corrected chi connectivity index (χ0v) is 18.6. The number of amides is 1. The van der Waals surface area contributed by atoms with Crippen molar-refractivity contribution in [1.29, 1.82) is 0 Å². The Morgan fingerprint density at radius 2 is 1.83 bits per heavy atom. The fourth-order valence-corrected chi connectivity index (χ4v) is 4.28. The van der Waals surface area contributed by atoms with Gasteiger partial charge in [-0.15, -0.1) is 0 Å². The van der Waals surface area contributed by atoms with Gasteiger partial charge in [-0.25, -0.2) is 4.98 Å². The van der Waals surface area contributed by atoms with E-state index in [0.29, 0.717) is 0 Å². The molecule has 0 bridgehead atoms. The maximum absolute atomic E-state index is 13.5. The van der Waals surface area contributed by atoms with Crippen molar-refractivity contribution in [3.63, 3.8) is 0 Å². The maximum Gasteiger partial charge on any atom is 0.254 e. The van der Waals surface area contributed by atoms with Gasteiger partial charge in [-0.2, -0.15) is 5.10 Å². The third-order valence-electron chi connectivity index (χ3n) is 5.96. The van der Waals surface area contributed by atoms with Gasteiger partial charge in [0.05, 0.1) is 16.6 Å². The molecule has 0 aliphatic carbocycles. The van der Waals surface area contributed by atoms with E-state index in [0.717, 1.165) is 60.7 Å². The molecule has 0 N–H and O–H groups in total. The summed E-state index contributed by atoms with van der Waals surface area (Å²) in [6, 6.07) is 10.6. The van der Waals surface area contributed by atoms with E-state index in [1.165, 1.54) is 11.1 Å². The zero-order chi connectivity index (χ0) is 21.4. The molecule has 1 aliphatic heterocycles. The molecule has 6 nitrogen and oxygen atoms in total. The van der Waals surface area contributed by atoms with Gasteiger partial charge in [0.15, 0.2) is 5.65 Å². The lowest BCUT2D eigenvalue weighted by molar-refractivity contribution is 0.0630. The standard InChI is InChI=1S/C24H31N5O/c1-16(2)21-14-20(22-18(4)26-27(5)23(22)25-21)24(30)29-11-9-28(10-12-29)15-19-8-6-7-17(3)13-19/h6-8,13-14,16H,9-12,15H2,1-5H3. The minimum Gasteiger partial charge on any atom is -0.336 e. The largest absolute Gasteiger partial charge is 0.336 e. The highest BCUT2D eigenvalue weighted by atomic mass is 16.2. The molecule has 0 radical (unpaired) electrons. The minimum absolute atomic E-state index is 0.0932. The van der Waals surface area contributed by atoms with Crippen LogP contribution in [0.5, 0.6) is 0 Å². The Hall–Kier alpha value is -2.73. The third kappa shape index (κ3) is 3.97. The summed E-state index contributed by atoms with van der Waals surface area (Å²) in [7, 11) is 1.89. The lowest BCUT2D eigenvalue weighted by Crippen LogP contribution is -2.48. The van der Waals surface area contributed by atoms with E-state index in [9.17, 15) is 4.79 Å². The highest BCUT2D eigenvalue weighted by Gasteiger charge is 2.26. The van der Waals surface area contributed by atoms with Gasteiger partial charge >= 0.3 is 0 Å². The summed E-state index contributed by atoms with van der Waals surface area (Å²) in [5, 5.41) is 5.40. The lowest BCUT2D eigenvalue weighted by Gasteiger charge is -2.35. The molecular formula is C24H31N5O. The second-order valence-electron chi connectivity index (χ2n) is 8.71. The summed E-state index contributed by atoms with van der Waals surface area (Å²) in [5.74, 6) is 0.345. The van der Waals surface area contributed by atoms with Gasteiger partial charge in [-0.05, 0) is 31.4 Å². The van der Waals surface area contributed by atoms with Crippen LogP contribution in [0.2, 0.25) is 0 Å². The molecule has 2 aromatic heterocycles. The fraction of sp³-hybridized carbons (Fsp3) is 0.458. The lowest BCUT2D eigenvalue weighted by atomic mass is 10.0. The van der Waals surface area contributed by atoms with Crippen LogP contribution in [-0.4, -0.2) is 56.7 Å². The molecule has 3 heterocycles. The summed E-state index contributed by atoms with van der Waals surface area (Å²) in [5.41, 5.74) is 5.94. The highest BCUT2D eigenvalue weighted by molar-refractivity contribution is 6.06. The van der Waals surface area contributed by atoms with Crippen LogP contribution in [0.15, 0.2) is 30.3 Å². The molecule has 0 saturated carbocycles. The number of aromatic nitrogens is 3. The molecule has 158 valence electrons. The van der Waals surface area contributed by atoms with Crippen molar-refractivity contribution < 1.29 is 4.79 Å². The first-order valence-electron chi connectivity index (χ1n) is 10.7. The molecule has 1 amide bonds. The number of nitrogens with zero attached hydrogens (tertiary/aromatic N) is 5. The molecule has 30 heavy (non-hydrogen) atoms. The van der Waals surface area contributed by atoms with Crippen molar-refractivity contribution in [3.05, 3.63) is 58.4 Å². The van der Waals surface area contributed by atoms with E-state index in [1.54, 1.807) is 4.68 Å². The molecule has 1 fully saturated rings. The van der Waals surface area contributed by atoms with Crippen LogP contribution in [0, 0.1) is 13.8 Å². The fourth-order valence-electron chi connectivity index (χ4n) is 4.28. The number of fused-ring (bicyclic) bond motifs is 1. The summed E-state index contributed by atoms with van der Waals surface area (Å²) in [6.45, 7) is 12.5.